The van der Waals surface area contributed by atoms with Gasteiger partial charge in [-0.3, -0.25) is 0 Å². The van der Waals surface area contributed by atoms with Crippen LogP contribution in [0.2, 0.25) is 0 Å². The molecule has 0 N–H and O–H groups in total. The van der Waals surface area contributed by atoms with E-state index in [1.165, 1.54) is 25.7 Å². The molecule has 0 saturated heterocycles. The molecule has 0 nitrogen and oxygen atoms in total. The van der Waals surface area contributed by atoms with Crippen molar-refractivity contribution in [3.63, 3.8) is 0 Å². The summed E-state index contributed by atoms with van der Waals surface area (Å²) >= 11 is 0. The molecule has 0 fully saturated rings. The van der Waals surface area contributed by atoms with Crippen LogP contribution in [0.15, 0.2) is 23.8 Å². The molecule has 1 aliphatic rings. The van der Waals surface area contributed by atoms with Crippen molar-refractivity contribution in [2.75, 3.05) is 0 Å². The molecule has 0 heterocycles. The van der Waals surface area contributed by atoms with Crippen LogP contribution in [0.25, 0.3) is 0 Å². The van der Waals surface area contributed by atoms with Gasteiger partial charge in [0.05, 0.1) is 0 Å². The molecule has 10 heavy (non-hydrogen) atoms. The largest absolute Gasteiger partial charge is 0.0805 e. The summed E-state index contributed by atoms with van der Waals surface area (Å²) in [5, 5.41) is 0. The summed E-state index contributed by atoms with van der Waals surface area (Å²) in [5.74, 6) is 0. The molecule has 1 rings (SSSR count). The normalized spacial score (nSPS) is 14.7. The van der Waals surface area contributed by atoms with Crippen LogP contribution >= 0.6 is 0 Å². The maximum Gasteiger partial charge on any atom is 0 e. The first-order valence-electron chi connectivity index (χ1n) is 3.78. The van der Waals surface area contributed by atoms with Gasteiger partial charge in [0.1, 0.15) is 0 Å². The number of hydrogen-bond acceptors (Lipinski definition) is 0. The van der Waals surface area contributed by atoms with Crippen LogP contribution in [0.4, 0.5) is 0 Å². The van der Waals surface area contributed by atoms with Crippen LogP contribution in [-0.4, -0.2) is 0 Å². The predicted molar refractivity (Wildman–Crippen MR) is 41.4 cm³/mol. The third-order valence-electron chi connectivity index (χ3n) is 1.70. The van der Waals surface area contributed by atoms with E-state index in [1.807, 2.05) is 0 Å². The molecule has 1 aliphatic carbocycles. The van der Waals surface area contributed by atoms with Gasteiger partial charge in [0, 0.05) is 16.5 Å². The van der Waals surface area contributed by atoms with Crippen LogP contribution in [0, 0.1) is 0 Å². The molecule has 0 aromatic rings. The monoisotopic (exact) mass is 180 g/mol. The van der Waals surface area contributed by atoms with Crippen LogP contribution in [0.1, 0.15) is 32.6 Å². The Kier molecular flexibility index (Phi) is 5.72. The minimum atomic E-state index is 0. The second-order valence-corrected chi connectivity index (χ2v) is 2.56. The van der Waals surface area contributed by atoms with Crippen molar-refractivity contribution in [1.82, 2.24) is 0 Å². The molecule has 60 valence electrons. The average Bonchev–Trinajstić information content (AvgIpc) is 2.34. The first-order chi connectivity index (χ1) is 4.43. The third kappa shape index (κ3) is 3.22. The molecule has 0 aliphatic heterocycles. The van der Waals surface area contributed by atoms with Gasteiger partial charge in [0.15, 0.2) is 0 Å². The van der Waals surface area contributed by atoms with E-state index in [1.54, 1.807) is 5.57 Å². The summed E-state index contributed by atoms with van der Waals surface area (Å²) < 4.78 is 0. The van der Waals surface area contributed by atoms with Crippen molar-refractivity contribution in [3.8, 4) is 0 Å². The number of unbranched alkanes of at least 4 members (excludes halogenated alkanes) is 1. The van der Waals surface area contributed by atoms with Gasteiger partial charge in [-0.1, -0.05) is 37.1 Å². The fourth-order valence-corrected chi connectivity index (χ4v) is 1.08. The molecule has 0 spiro atoms. The second-order valence-electron chi connectivity index (χ2n) is 2.56. The summed E-state index contributed by atoms with van der Waals surface area (Å²) in [5.41, 5.74) is 1.61. The molecule has 0 aromatic carbocycles. The molecular weight excluding hydrogens is 167 g/mol. The predicted octanol–water partition coefficient (Wildman–Crippen LogP) is 3.06. The van der Waals surface area contributed by atoms with Crippen LogP contribution in [0.3, 0.4) is 0 Å². The Hall–Kier alpha value is -0.0265. The quantitative estimate of drug-likeness (QED) is 0.586. The number of hydrogen-bond donors (Lipinski definition) is 0. The molecule has 0 aromatic heterocycles. The first kappa shape index (κ1) is 9.97. The summed E-state index contributed by atoms with van der Waals surface area (Å²) in [6, 6.07) is 0. The zero-order valence-corrected chi connectivity index (χ0v) is 7.36. The van der Waals surface area contributed by atoms with Crippen molar-refractivity contribution < 1.29 is 16.5 Å². The van der Waals surface area contributed by atoms with E-state index in [0.29, 0.717) is 0 Å². The van der Waals surface area contributed by atoms with Crippen LogP contribution in [-0.2, 0) is 16.5 Å². The fourth-order valence-electron chi connectivity index (χ4n) is 1.08. The van der Waals surface area contributed by atoms with Gasteiger partial charge in [0.2, 0.25) is 0 Å². The maximum atomic E-state index is 2.25. The molecule has 0 saturated carbocycles. The standard InChI is InChI=1S/C9H14.Ni/c1-2-3-6-9-7-4-5-8-9;/h4-5,7H,2-3,6,8H2,1H3;. The summed E-state index contributed by atoms with van der Waals surface area (Å²) in [7, 11) is 0. The van der Waals surface area contributed by atoms with Crippen molar-refractivity contribution in [2.45, 2.75) is 32.6 Å². The SMILES string of the molecule is CCCCC1=CC=CC1.[Ni]. The van der Waals surface area contributed by atoms with Crippen molar-refractivity contribution in [2.24, 2.45) is 0 Å². The van der Waals surface area contributed by atoms with Crippen molar-refractivity contribution in [3.05, 3.63) is 23.8 Å². The van der Waals surface area contributed by atoms with E-state index in [-0.39, 0.29) is 16.5 Å². The second kappa shape index (κ2) is 5.74. The first-order valence-corrected chi connectivity index (χ1v) is 3.78. The minimum Gasteiger partial charge on any atom is -0.0805 e. The smallest absolute Gasteiger partial charge is 0 e. The Bertz CT molecular complexity index is 134. The Balaban J connectivity index is 0.000000810. The van der Waals surface area contributed by atoms with Gasteiger partial charge in [-0.05, 0) is 19.3 Å². The summed E-state index contributed by atoms with van der Waals surface area (Å²) in [6.07, 6.45) is 11.8. The maximum absolute atomic E-state index is 2.25. The Labute approximate surface area is 73.3 Å². The zero-order valence-electron chi connectivity index (χ0n) is 6.38. The van der Waals surface area contributed by atoms with Crippen molar-refractivity contribution >= 4 is 0 Å². The van der Waals surface area contributed by atoms with E-state index in [4.69, 9.17) is 0 Å². The van der Waals surface area contributed by atoms with E-state index < -0.39 is 0 Å². The molecule has 0 radical (unpaired) electrons. The minimum absolute atomic E-state index is 0. The van der Waals surface area contributed by atoms with E-state index in [0.717, 1.165) is 0 Å². The summed E-state index contributed by atoms with van der Waals surface area (Å²) in [6.45, 7) is 2.24. The Morgan fingerprint density at radius 1 is 1.50 bits per heavy atom. The molecular formula is C9H14Ni. The molecule has 0 atom stereocenters. The fraction of sp³-hybridized carbons (Fsp3) is 0.556. The van der Waals surface area contributed by atoms with Gasteiger partial charge in [-0.25, -0.2) is 0 Å². The molecule has 0 amide bonds. The summed E-state index contributed by atoms with van der Waals surface area (Å²) in [4.78, 5) is 0. The van der Waals surface area contributed by atoms with Gasteiger partial charge in [-0.2, -0.15) is 0 Å². The molecule has 0 bridgehead atoms. The molecule has 0 unspecified atom stereocenters. The van der Waals surface area contributed by atoms with E-state index in [2.05, 4.69) is 25.2 Å². The van der Waals surface area contributed by atoms with Crippen molar-refractivity contribution in [1.29, 1.82) is 0 Å². The van der Waals surface area contributed by atoms with E-state index in [9.17, 15) is 0 Å². The Morgan fingerprint density at radius 3 is 2.80 bits per heavy atom. The zero-order chi connectivity index (χ0) is 6.53. The van der Waals surface area contributed by atoms with Crippen LogP contribution < -0.4 is 0 Å². The third-order valence-corrected chi connectivity index (χ3v) is 1.70. The average molecular weight is 181 g/mol. The van der Waals surface area contributed by atoms with Gasteiger partial charge in [0.25, 0.3) is 0 Å². The van der Waals surface area contributed by atoms with Crippen LogP contribution in [0.5, 0.6) is 0 Å². The number of rotatable bonds is 3. The van der Waals surface area contributed by atoms with Gasteiger partial charge < -0.3 is 0 Å². The van der Waals surface area contributed by atoms with E-state index >= 15 is 0 Å². The van der Waals surface area contributed by atoms with Gasteiger partial charge >= 0.3 is 0 Å². The number of allylic oxidation sites excluding steroid dienone is 4. The van der Waals surface area contributed by atoms with Gasteiger partial charge in [-0.15, -0.1) is 0 Å². The Morgan fingerprint density at radius 2 is 2.30 bits per heavy atom. The molecule has 1 heteroatoms. The topological polar surface area (TPSA) is 0 Å².